The van der Waals surface area contributed by atoms with Gasteiger partial charge in [-0.3, -0.25) is 15.0 Å². The Bertz CT molecular complexity index is 1310. The molecule has 1 aromatic rings. The number of hydrogen-bond donors (Lipinski definition) is 0. The number of hydrogen-bond acceptors (Lipinski definition) is 5. The highest BCUT2D eigenvalue weighted by atomic mass is 32.2. The van der Waals surface area contributed by atoms with E-state index in [2.05, 4.69) is 29.1 Å². The van der Waals surface area contributed by atoms with Crippen molar-refractivity contribution >= 4 is 33.5 Å². The number of halogens is 3. The Kier molecular flexibility index (Phi) is 11.7. The van der Waals surface area contributed by atoms with Crippen molar-refractivity contribution in [2.75, 3.05) is 18.6 Å². The van der Waals surface area contributed by atoms with Crippen molar-refractivity contribution in [2.24, 2.45) is 21.8 Å². The lowest BCUT2D eigenvalue weighted by molar-refractivity contribution is -0.163. The number of alkyl halides is 3. The van der Waals surface area contributed by atoms with Crippen molar-refractivity contribution in [1.29, 1.82) is 0 Å². The molecule has 2 aliphatic rings. The van der Waals surface area contributed by atoms with Gasteiger partial charge in [0.2, 0.25) is 0 Å². The minimum atomic E-state index is -4.52. The van der Waals surface area contributed by atoms with Crippen LogP contribution in [0.25, 0.3) is 5.57 Å². The summed E-state index contributed by atoms with van der Waals surface area (Å²) in [6.45, 7) is 4.70. The average Bonchev–Trinajstić information content (AvgIpc) is 3.04. The predicted octanol–water partition coefficient (Wildman–Crippen LogP) is 7.96. The monoisotopic (exact) mass is 575 g/mol. The van der Waals surface area contributed by atoms with Gasteiger partial charge in [0.1, 0.15) is 9.84 Å². The van der Waals surface area contributed by atoms with Crippen molar-refractivity contribution in [1.82, 2.24) is 4.98 Å². The van der Waals surface area contributed by atoms with Crippen LogP contribution in [-0.2, 0) is 9.84 Å². The van der Waals surface area contributed by atoms with Crippen LogP contribution in [0, 0.1) is 18.8 Å². The van der Waals surface area contributed by atoms with Gasteiger partial charge in [0.25, 0.3) is 0 Å². The molecule has 2 heterocycles. The molecule has 0 N–H and O–H groups in total. The summed E-state index contributed by atoms with van der Waals surface area (Å²) in [5.74, 6) is -2.16. The molecular formula is C31H40F3N3O2S. The Hall–Kier alpha value is -2.81. The van der Waals surface area contributed by atoms with E-state index in [9.17, 15) is 21.6 Å². The molecule has 0 saturated carbocycles. The van der Waals surface area contributed by atoms with Gasteiger partial charge in [0, 0.05) is 37.0 Å². The van der Waals surface area contributed by atoms with Gasteiger partial charge in [-0.15, -0.1) is 0 Å². The van der Waals surface area contributed by atoms with Gasteiger partial charge < -0.3 is 0 Å². The molecule has 5 nitrogen and oxygen atoms in total. The molecule has 3 rings (SSSR count). The molecule has 0 fully saturated rings. The number of pyridine rings is 1. The highest BCUT2D eigenvalue weighted by molar-refractivity contribution is 7.90. The van der Waals surface area contributed by atoms with Crippen LogP contribution in [0.3, 0.4) is 0 Å². The topological polar surface area (TPSA) is 71.8 Å². The first-order valence-electron chi connectivity index (χ1n) is 14.0. The number of unbranched alkanes of at least 4 members (excludes halogenated alkanes) is 1. The number of allylic oxidation sites excluding steroid dienone is 8. The number of aromatic nitrogens is 1. The first-order chi connectivity index (χ1) is 19.0. The largest absolute Gasteiger partial charge is 0.395 e. The first-order valence-corrected chi connectivity index (χ1v) is 16.1. The molecular weight excluding hydrogens is 535 g/mol. The molecule has 0 amide bonds. The van der Waals surface area contributed by atoms with Gasteiger partial charge in [0.05, 0.1) is 23.1 Å². The molecule has 9 heteroatoms. The molecule has 0 saturated heterocycles. The van der Waals surface area contributed by atoms with Crippen molar-refractivity contribution in [2.45, 2.75) is 71.4 Å². The molecule has 218 valence electrons. The number of nitrogens with zero attached hydrogens (tertiary/aromatic N) is 3. The lowest BCUT2D eigenvalue weighted by Crippen LogP contribution is -2.26. The minimum Gasteiger partial charge on any atom is -0.293 e. The van der Waals surface area contributed by atoms with E-state index in [1.54, 1.807) is 24.4 Å². The Labute approximate surface area is 236 Å². The SMILES string of the molecule is CCCC=Nc1c(C2=CC(CC3=CCCC/C=C(\C(CCS(C)(=O)=O)C(F)(F)F)C=C3)CCN=C2)ccnc1C. The van der Waals surface area contributed by atoms with Crippen molar-refractivity contribution < 1.29 is 21.6 Å². The maximum absolute atomic E-state index is 14.0. The highest BCUT2D eigenvalue weighted by Crippen LogP contribution is 2.37. The third-order valence-corrected chi connectivity index (χ3v) is 8.07. The Morgan fingerprint density at radius 3 is 2.70 bits per heavy atom. The van der Waals surface area contributed by atoms with E-state index in [0.717, 1.165) is 66.5 Å². The van der Waals surface area contributed by atoms with Gasteiger partial charge in [-0.05, 0) is 75.0 Å². The van der Waals surface area contributed by atoms with E-state index in [4.69, 9.17) is 4.99 Å². The van der Waals surface area contributed by atoms with Crippen molar-refractivity contribution in [3.63, 3.8) is 0 Å². The summed E-state index contributed by atoms with van der Waals surface area (Å²) < 4.78 is 65.2. The maximum Gasteiger partial charge on any atom is 0.395 e. The van der Waals surface area contributed by atoms with E-state index >= 15 is 0 Å². The quantitative estimate of drug-likeness (QED) is 0.266. The van der Waals surface area contributed by atoms with Gasteiger partial charge in [0.15, 0.2) is 0 Å². The summed E-state index contributed by atoms with van der Waals surface area (Å²) in [5, 5.41) is 0. The molecule has 0 bridgehead atoms. The predicted molar refractivity (Wildman–Crippen MR) is 159 cm³/mol. The molecule has 2 unspecified atom stereocenters. The summed E-state index contributed by atoms with van der Waals surface area (Å²) in [4.78, 5) is 13.7. The number of aryl methyl sites for hydroxylation is 1. The number of rotatable bonds is 10. The molecule has 0 radical (unpaired) electrons. The third-order valence-electron chi connectivity index (χ3n) is 7.09. The van der Waals surface area contributed by atoms with E-state index in [-0.39, 0.29) is 11.5 Å². The molecule has 1 aromatic heterocycles. The zero-order valence-electron chi connectivity index (χ0n) is 23.6. The van der Waals surface area contributed by atoms with Crippen LogP contribution in [0.4, 0.5) is 18.9 Å². The normalized spacial score (nSPS) is 21.1. The summed E-state index contributed by atoms with van der Waals surface area (Å²) in [7, 11) is -3.51. The Morgan fingerprint density at radius 2 is 1.98 bits per heavy atom. The van der Waals surface area contributed by atoms with Crippen LogP contribution in [0.2, 0.25) is 0 Å². The maximum atomic E-state index is 14.0. The van der Waals surface area contributed by atoms with Crippen LogP contribution < -0.4 is 0 Å². The second-order valence-corrected chi connectivity index (χ2v) is 12.8. The summed E-state index contributed by atoms with van der Waals surface area (Å²) in [6.07, 6.45) is 16.2. The molecule has 1 aliphatic carbocycles. The smallest absolute Gasteiger partial charge is 0.293 e. The second-order valence-electron chi connectivity index (χ2n) is 10.6. The zero-order chi connectivity index (χ0) is 29.2. The first kappa shape index (κ1) is 31.7. The fourth-order valence-electron chi connectivity index (χ4n) is 4.92. The van der Waals surface area contributed by atoms with Crippen LogP contribution in [0.15, 0.2) is 63.8 Å². The minimum absolute atomic E-state index is 0.145. The summed E-state index contributed by atoms with van der Waals surface area (Å²) in [5.41, 5.74) is 4.74. The summed E-state index contributed by atoms with van der Waals surface area (Å²) in [6, 6.07) is 1.95. The van der Waals surface area contributed by atoms with Gasteiger partial charge >= 0.3 is 6.18 Å². The van der Waals surface area contributed by atoms with E-state index in [1.165, 1.54) is 0 Å². The number of aliphatic imine (C=N–C) groups is 2. The van der Waals surface area contributed by atoms with Crippen molar-refractivity contribution in [3.05, 3.63) is 65.0 Å². The lowest BCUT2D eigenvalue weighted by atomic mass is 9.90. The molecule has 0 spiro atoms. The molecule has 0 aromatic carbocycles. The average molecular weight is 576 g/mol. The van der Waals surface area contributed by atoms with Crippen molar-refractivity contribution in [3.8, 4) is 0 Å². The third kappa shape index (κ3) is 9.98. The lowest BCUT2D eigenvalue weighted by Gasteiger charge is -2.21. The van der Waals surface area contributed by atoms with E-state index in [0.29, 0.717) is 19.4 Å². The van der Waals surface area contributed by atoms with Crippen LogP contribution in [-0.4, -0.2) is 50.6 Å². The fraction of sp³-hybridized carbons (Fsp3) is 0.516. The zero-order valence-corrected chi connectivity index (χ0v) is 24.4. The van der Waals surface area contributed by atoms with Gasteiger partial charge in [-0.25, -0.2) is 8.42 Å². The molecule has 2 atom stereocenters. The Balaban J connectivity index is 1.86. The standard InChI is InChI=1S/C31H40F3N3O2S/c1-4-5-16-37-30-23(2)36-18-14-28(30)27-21-25(13-17-35-22-27)20-24-9-7-6-8-10-26(12-11-24)29(31(32,33)34)15-19-40(3,38)39/h9-12,14,16,18,21-22,25,29H,4-8,13,15,17,19-20H2,1-3H3/b12-11?,24-9?,26-10-,37-16?. The second kappa shape index (κ2) is 14.7. The molecule has 1 aliphatic heterocycles. The van der Waals surface area contributed by atoms with Gasteiger partial charge in [-0.1, -0.05) is 49.3 Å². The van der Waals surface area contributed by atoms with Crippen LogP contribution >= 0.6 is 0 Å². The van der Waals surface area contributed by atoms with Crippen LogP contribution in [0.5, 0.6) is 0 Å². The summed E-state index contributed by atoms with van der Waals surface area (Å²) >= 11 is 0. The Morgan fingerprint density at radius 1 is 1.20 bits per heavy atom. The fourth-order valence-corrected chi connectivity index (χ4v) is 5.58. The number of sulfone groups is 1. The molecule has 40 heavy (non-hydrogen) atoms. The van der Waals surface area contributed by atoms with E-state index < -0.39 is 34.1 Å². The van der Waals surface area contributed by atoms with Gasteiger partial charge in [-0.2, -0.15) is 13.2 Å². The highest BCUT2D eigenvalue weighted by Gasteiger charge is 2.41. The van der Waals surface area contributed by atoms with E-state index in [1.807, 2.05) is 25.4 Å². The van der Waals surface area contributed by atoms with Crippen LogP contribution in [0.1, 0.15) is 69.5 Å².